The van der Waals surface area contributed by atoms with Crippen LogP contribution in [0.5, 0.6) is 0 Å². The highest BCUT2D eigenvalue weighted by molar-refractivity contribution is 5.81. The molecule has 1 fully saturated rings. The van der Waals surface area contributed by atoms with Gasteiger partial charge in [0, 0.05) is 25.6 Å². The van der Waals surface area contributed by atoms with Crippen molar-refractivity contribution in [1.29, 1.82) is 0 Å². The van der Waals surface area contributed by atoms with Gasteiger partial charge in [0.15, 0.2) is 5.96 Å². The molecule has 0 aromatic heterocycles. The van der Waals surface area contributed by atoms with Crippen LogP contribution in [0.15, 0.2) is 29.3 Å². The Morgan fingerprint density at radius 3 is 2.64 bits per heavy atom. The number of amides is 1. The third-order valence-electron chi connectivity index (χ3n) is 4.63. The summed E-state index contributed by atoms with van der Waals surface area (Å²) in [6, 6.07) is 8.65. The number of nitrogens with zero attached hydrogens (tertiary/aromatic N) is 1. The molecule has 0 bridgehead atoms. The van der Waals surface area contributed by atoms with Crippen LogP contribution in [0.4, 0.5) is 0 Å². The quantitative estimate of drug-likeness (QED) is 0.526. The molecule has 0 heterocycles. The number of carbonyl (C=O) groups excluding carboxylic acids is 1. The van der Waals surface area contributed by atoms with E-state index < -0.39 is 0 Å². The highest BCUT2D eigenvalue weighted by Gasteiger charge is 2.15. The van der Waals surface area contributed by atoms with Gasteiger partial charge in [-0.3, -0.25) is 4.79 Å². The van der Waals surface area contributed by atoms with Crippen molar-refractivity contribution in [3.63, 3.8) is 0 Å². The smallest absolute Gasteiger partial charge is 0.221 e. The molecule has 5 heteroatoms. The number of hydrogen-bond donors (Lipinski definition) is 3. The molecule has 1 aliphatic rings. The summed E-state index contributed by atoms with van der Waals surface area (Å²) in [5.74, 6) is 0.894. The maximum Gasteiger partial charge on any atom is 0.221 e. The first-order valence-electron chi connectivity index (χ1n) is 9.55. The lowest BCUT2D eigenvalue weighted by molar-refractivity contribution is -0.121. The fourth-order valence-corrected chi connectivity index (χ4v) is 3.13. The van der Waals surface area contributed by atoms with Gasteiger partial charge in [0.2, 0.25) is 5.91 Å². The number of rotatable bonds is 7. The molecule has 0 saturated heterocycles. The minimum Gasteiger partial charge on any atom is -0.357 e. The summed E-state index contributed by atoms with van der Waals surface area (Å²) in [5, 5.41) is 9.64. The Morgan fingerprint density at radius 1 is 1.16 bits per heavy atom. The van der Waals surface area contributed by atoms with Crippen molar-refractivity contribution < 1.29 is 4.79 Å². The molecular formula is C20H32N4O. The van der Waals surface area contributed by atoms with Crippen LogP contribution in [0.25, 0.3) is 0 Å². The Kier molecular flexibility index (Phi) is 8.29. The van der Waals surface area contributed by atoms with Gasteiger partial charge in [-0.1, -0.05) is 43.5 Å². The molecule has 1 aliphatic carbocycles. The fraction of sp³-hybridized carbons (Fsp3) is 0.600. The Morgan fingerprint density at radius 2 is 1.92 bits per heavy atom. The molecule has 1 aromatic carbocycles. The fourth-order valence-electron chi connectivity index (χ4n) is 3.13. The zero-order valence-corrected chi connectivity index (χ0v) is 15.6. The zero-order valence-electron chi connectivity index (χ0n) is 15.6. The van der Waals surface area contributed by atoms with Crippen LogP contribution in [0.3, 0.4) is 0 Å². The monoisotopic (exact) mass is 344 g/mol. The molecule has 0 spiro atoms. The summed E-state index contributed by atoms with van der Waals surface area (Å²) in [6.07, 6.45) is 6.50. The van der Waals surface area contributed by atoms with E-state index in [9.17, 15) is 4.79 Å². The Bertz CT molecular complexity index is 565. The molecule has 0 aliphatic heterocycles. The van der Waals surface area contributed by atoms with Gasteiger partial charge in [-0.05, 0) is 37.8 Å². The van der Waals surface area contributed by atoms with Crippen LogP contribution >= 0.6 is 0 Å². The second-order valence-corrected chi connectivity index (χ2v) is 6.70. The average Bonchev–Trinajstić information content (AvgIpc) is 2.61. The van der Waals surface area contributed by atoms with E-state index in [0.717, 1.165) is 25.3 Å². The summed E-state index contributed by atoms with van der Waals surface area (Å²) < 4.78 is 0. The lowest BCUT2D eigenvalue weighted by Crippen LogP contribution is -2.41. The van der Waals surface area contributed by atoms with Crippen LogP contribution in [0, 0.1) is 6.92 Å². The molecule has 0 radical (unpaired) electrons. The molecule has 1 aromatic rings. The Hall–Kier alpha value is -2.04. The van der Waals surface area contributed by atoms with E-state index >= 15 is 0 Å². The standard InChI is InChI=1S/C20H32N4O/c1-3-21-20(23-15-17-10-8-7-9-16(17)2)22-14-13-19(25)24-18-11-5-4-6-12-18/h7-10,18H,3-6,11-15H2,1-2H3,(H,24,25)(H2,21,22,23). The summed E-state index contributed by atoms with van der Waals surface area (Å²) in [4.78, 5) is 16.7. The topological polar surface area (TPSA) is 65.5 Å². The van der Waals surface area contributed by atoms with Crippen molar-refractivity contribution in [3.05, 3.63) is 35.4 Å². The highest BCUT2D eigenvalue weighted by atomic mass is 16.1. The van der Waals surface area contributed by atoms with Crippen LogP contribution in [-0.2, 0) is 11.3 Å². The van der Waals surface area contributed by atoms with Crippen LogP contribution in [-0.4, -0.2) is 31.0 Å². The van der Waals surface area contributed by atoms with Crippen molar-refractivity contribution in [2.75, 3.05) is 13.1 Å². The van der Waals surface area contributed by atoms with Gasteiger partial charge in [-0.2, -0.15) is 0 Å². The van der Waals surface area contributed by atoms with Crippen molar-refractivity contribution in [2.24, 2.45) is 4.99 Å². The maximum atomic E-state index is 12.1. The number of guanidine groups is 1. The van der Waals surface area contributed by atoms with Crippen molar-refractivity contribution in [3.8, 4) is 0 Å². The predicted molar refractivity (Wildman–Crippen MR) is 104 cm³/mol. The van der Waals surface area contributed by atoms with Crippen molar-refractivity contribution in [1.82, 2.24) is 16.0 Å². The molecule has 1 saturated carbocycles. The van der Waals surface area contributed by atoms with E-state index in [1.165, 1.54) is 30.4 Å². The molecule has 25 heavy (non-hydrogen) atoms. The third kappa shape index (κ3) is 7.16. The lowest BCUT2D eigenvalue weighted by atomic mass is 9.95. The number of carbonyl (C=O) groups is 1. The second kappa shape index (κ2) is 10.7. The van der Waals surface area contributed by atoms with E-state index in [-0.39, 0.29) is 5.91 Å². The molecule has 3 N–H and O–H groups in total. The first-order valence-corrected chi connectivity index (χ1v) is 9.55. The van der Waals surface area contributed by atoms with Crippen LogP contribution in [0.2, 0.25) is 0 Å². The molecule has 2 rings (SSSR count). The molecule has 0 unspecified atom stereocenters. The summed E-state index contributed by atoms with van der Waals surface area (Å²) in [7, 11) is 0. The van der Waals surface area contributed by atoms with Gasteiger partial charge >= 0.3 is 0 Å². The molecule has 138 valence electrons. The minimum absolute atomic E-state index is 0.133. The number of aryl methyl sites for hydroxylation is 1. The van der Waals surface area contributed by atoms with Crippen molar-refractivity contribution in [2.45, 2.75) is 65.0 Å². The summed E-state index contributed by atoms with van der Waals surface area (Å²) in [5.41, 5.74) is 2.46. The molecular weight excluding hydrogens is 312 g/mol. The van der Waals surface area contributed by atoms with E-state index in [0.29, 0.717) is 25.6 Å². The lowest BCUT2D eigenvalue weighted by Gasteiger charge is -2.22. The Labute approximate surface area is 151 Å². The first-order chi connectivity index (χ1) is 12.2. The van der Waals surface area contributed by atoms with Crippen LogP contribution in [0.1, 0.15) is 56.6 Å². The van der Waals surface area contributed by atoms with Gasteiger partial charge in [0.05, 0.1) is 6.54 Å². The third-order valence-corrected chi connectivity index (χ3v) is 4.63. The van der Waals surface area contributed by atoms with Crippen molar-refractivity contribution >= 4 is 11.9 Å². The molecule has 0 atom stereocenters. The maximum absolute atomic E-state index is 12.1. The highest BCUT2D eigenvalue weighted by Crippen LogP contribution is 2.17. The number of aliphatic imine (C=N–C) groups is 1. The summed E-state index contributed by atoms with van der Waals surface area (Å²) >= 11 is 0. The minimum atomic E-state index is 0.133. The van der Waals surface area contributed by atoms with Gasteiger partial charge in [-0.15, -0.1) is 0 Å². The summed E-state index contributed by atoms with van der Waals surface area (Å²) in [6.45, 7) is 6.17. The van der Waals surface area contributed by atoms with Crippen LogP contribution < -0.4 is 16.0 Å². The normalized spacial score (nSPS) is 15.7. The number of benzene rings is 1. The second-order valence-electron chi connectivity index (χ2n) is 6.70. The number of nitrogens with one attached hydrogen (secondary N) is 3. The van der Waals surface area contributed by atoms with Gasteiger partial charge in [0.1, 0.15) is 0 Å². The SMILES string of the molecule is CCNC(=NCc1ccccc1C)NCCC(=O)NC1CCCCC1. The number of hydrogen-bond acceptors (Lipinski definition) is 2. The molecule has 5 nitrogen and oxygen atoms in total. The van der Waals surface area contributed by atoms with Gasteiger partial charge in [-0.25, -0.2) is 4.99 Å². The zero-order chi connectivity index (χ0) is 17.9. The van der Waals surface area contributed by atoms with E-state index in [1.807, 2.05) is 19.1 Å². The Balaban J connectivity index is 1.75. The van der Waals surface area contributed by atoms with E-state index in [2.05, 4.69) is 40.0 Å². The van der Waals surface area contributed by atoms with E-state index in [1.54, 1.807) is 0 Å². The van der Waals surface area contributed by atoms with E-state index in [4.69, 9.17) is 0 Å². The first kappa shape index (κ1) is 19.3. The predicted octanol–water partition coefficient (Wildman–Crippen LogP) is 2.89. The van der Waals surface area contributed by atoms with Gasteiger partial charge in [0.25, 0.3) is 0 Å². The average molecular weight is 345 g/mol. The van der Waals surface area contributed by atoms with Gasteiger partial charge < -0.3 is 16.0 Å². The largest absolute Gasteiger partial charge is 0.357 e. The molecule has 1 amide bonds.